The average Bonchev–Trinajstić information content (AvgIpc) is 3.00. The van der Waals surface area contributed by atoms with Gasteiger partial charge in [-0.1, -0.05) is 56.4 Å². The number of ether oxygens (including phenoxy) is 1. The maximum atomic E-state index is 12.4. The minimum Gasteiger partial charge on any atom is -0.461 e. The molecule has 1 aromatic heterocycles. The SMILES string of the molecule is CCOC(=O)c1c(-c2ccc(CC3CCCCC3)cc2)c(C#N)cn1C. The lowest BCUT2D eigenvalue weighted by molar-refractivity contribution is 0.0516. The second-order valence-corrected chi connectivity index (χ2v) is 7.11. The van der Waals surface area contributed by atoms with Crippen molar-refractivity contribution in [2.75, 3.05) is 6.61 Å². The summed E-state index contributed by atoms with van der Waals surface area (Å²) in [6.45, 7) is 2.09. The quantitative estimate of drug-likeness (QED) is 0.723. The van der Waals surface area contributed by atoms with E-state index in [4.69, 9.17) is 4.74 Å². The summed E-state index contributed by atoms with van der Waals surface area (Å²) >= 11 is 0. The Morgan fingerprint density at radius 2 is 1.92 bits per heavy atom. The van der Waals surface area contributed by atoms with Crippen LogP contribution in [-0.2, 0) is 18.2 Å². The molecular weight excluding hydrogens is 324 g/mol. The van der Waals surface area contributed by atoms with Gasteiger partial charge in [0.25, 0.3) is 0 Å². The number of rotatable bonds is 5. The highest BCUT2D eigenvalue weighted by Crippen LogP contribution is 2.31. The van der Waals surface area contributed by atoms with Crippen LogP contribution in [0.25, 0.3) is 11.1 Å². The molecule has 0 radical (unpaired) electrons. The van der Waals surface area contributed by atoms with Crippen molar-refractivity contribution in [2.24, 2.45) is 13.0 Å². The third kappa shape index (κ3) is 3.83. The number of aromatic nitrogens is 1. The van der Waals surface area contributed by atoms with Gasteiger partial charge >= 0.3 is 5.97 Å². The van der Waals surface area contributed by atoms with Crippen molar-refractivity contribution in [3.05, 3.63) is 47.3 Å². The summed E-state index contributed by atoms with van der Waals surface area (Å²) < 4.78 is 6.87. The Bertz CT molecular complexity index is 806. The summed E-state index contributed by atoms with van der Waals surface area (Å²) in [6.07, 6.45) is 9.53. The van der Waals surface area contributed by atoms with Crippen molar-refractivity contribution >= 4 is 5.97 Å². The van der Waals surface area contributed by atoms with Gasteiger partial charge in [0.1, 0.15) is 11.8 Å². The molecule has 136 valence electrons. The van der Waals surface area contributed by atoms with Crippen molar-refractivity contribution < 1.29 is 9.53 Å². The molecule has 3 rings (SSSR count). The second kappa shape index (κ2) is 8.23. The van der Waals surface area contributed by atoms with Gasteiger partial charge in [-0.3, -0.25) is 0 Å². The van der Waals surface area contributed by atoms with Crippen LogP contribution in [0.3, 0.4) is 0 Å². The molecule has 1 aliphatic carbocycles. The maximum absolute atomic E-state index is 12.4. The molecule has 0 atom stereocenters. The zero-order valence-electron chi connectivity index (χ0n) is 15.6. The lowest BCUT2D eigenvalue weighted by Gasteiger charge is -2.21. The van der Waals surface area contributed by atoms with Crippen LogP contribution in [0.1, 0.15) is 60.6 Å². The molecule has 0 amide bonds. The second-order valence-electron chi connectivity index (χ2n) is 7.11. The van der Waals surface area contributed by atoms with Crippen LogP contribution in [0.4, 0.5) is 0 Å². The summed E-state index contributed by atoms with van der Waals surface area (Å²) in [5, 5.41) is 9.48. The first-order chi connectivity index (χ1) is 12.6. The predicted octanol–water partition coefficient (Wildman–Crippen LogP) is 4.86. The number of hydrogen-bond acceptors (Lipinski definition) is 3. The van der Waals surface area contributed by atoms with Gasteiger partial charge in [-0.05, 0) is 30.4 Å². The van der Waals surface area contributed by atoms with Gasteiger partial charge in [-0.25, -0.2) is 4.79 Å². The van der Waals surface area contributed by atoms with E-state index < -0.39 is 5.97 Å². The molecule has 2 aromatic rings. The summed E-state index contributed by atoms with van der Waals surface area (Å²) in [4.78, 5) is 12.4. The van der Waals surface area contributed by atoms with Gasteiger partial charge in [0, 0.05) is 18.8 Å². The molecule has 0 aliphatic heterocycles. The molecule has 0 saturated heterocycles. The normalized spacial score (nSPS) is 14.8. The molecule has 1 aromatic carbocycles. The van der Waals surface area contributed by atoms with E-state index in [-0.39, 0.29) is 0 Å². The van der Waals surface area contributed by atoms with Gasteiger partial charge in [0.2, 0.25) is 0 Å². The summed E-state index contributed by atoms with van der Waals surface area (Å²) in [5.41, 5.74) is 3.81. The van der Waals surface area contributed by atoms with Crippen LogP contribution in [0.2, 0.25) is 0 Å². The number of hydrogen-bond donors (Lipinski definition) is 0. The lowest BCUT2D eigenvalue weighted by Crippen LogP contribution is -2.11. The third-order valence-electron chi connectivity index (χ3n) is 5.26. The first kappa shape index (κ1) is 18.3. The van der Waals surface area contributed by atoms with Crippen LogP contribution in [0.15, 0.2) is 30.5 Å². The van der Waals surface area contributed by atoms with E-state index in [1.165, 1.54) is 37.7 Å². The monoisotopic (exact) mass is 350 g/mol. The minimum atomic E-state index is -0.391. The Morgan fingerprint density at radius 1 is 1.23 bits per heavy atom. The molecule has 1 fully saturated rings. The number of nitriles is 1. The predicted molar refractivity (Wildman–Crippen MR) is 102 cm³/mol. The molecule has 1 heterocycles. The zero-order chi connectivity index (χ0) is 18.5. The van der Waals surface area contributed by atoms with Gasteiger partial charge in [-0.2, -0.15) is 5.26 Å². The van der Waals surface area contributed by atoms with Crippen LogP contribution in [-0.4, -0.2) is 17.1 Å². The fourth-order valence-corrected chi connectivity index (χ4v) is 3.98. The van der Waals surface area contributed by atoms with E-state index in [0.717, 1.165) is 17.9 Å². The first-order valence-electron chi connectivity index (χ1n) is 9.49. The Morgan fingerprint density at radius 3 is 2.54 bits per heavy atom. The average molecular weight is 350 g/mol. The molecule has 4 nitrogen and oxygen atoms in total. The summed E-state index contributed by atoms with van der Waals surface area (Å²) in [7, 11) is 1.77. The number of benzene rings is 1. The number of carbonyl (C=O) groups excluding carboxylic acids is 1. The largest absolute Gasteiger partial charge is 0.461 e. The molecule has 1 aliphatic rings. The molecule has 0 N–H and O–H groups in total. The maximum Gasteiger partial charge on any atom is 0.355 e. The summed E-state index contributed by atoms with van der Waals surface area (Å²) in [5.74, 6) is 0.397. The van der Waals surface area contributed by atoms with Crippen LogP contribution >= 0.6 is 0 Å². The Hall–Kier alpha value is -2.54. The smallest absolute Gasteiger partial charge is 0.355 e. The number of nitrogens with zero attached hydrogens (tertiary/aromatic N) is 2. The molecule has 1 saturated carbocycles. The van der Waals surface area contributed by atoms with Crippen molar-refractivity contribution in [3.8, 4) is 17.2 Å². The first-order valence-corrected chi connectivity index (χ1v) is 9.49. The van der Waals surface area contributed by atoms with Gasteiger partial charge in [0.15, 0.2) is 0 Å². The zero-order valence-corrected chi connectivity index (χ0v) is 15.6. The van der Waals surface area contributed by atoms with E-state index in [1.807, 2.05) is 12.1 Å². The topological polar surface area (TPSA) is 55.0 Å². The molecule has 0 unspecified atom stereocenters. The van der Waals surface area contributed by atoms with E-state index in [1.54, 1.807) is 24.7 Å². The van der Waals surface area contributed by atoms with Gasteiger partial charge in [0.05, 0.1) is 12.2 Å². The van der Waals surface area contributed by atoms with E-state index in [9.17, 15) is 10.1 Å². The highest BCUT2D eigenvalue weighted by molar-refractivity contribution is 5.97. The van der Waals surface area contributed by atoms with E-state index in [2.05, 4.69) is 18.2 Å². The van der Waals surface area contributed by atoms with Crippen LogP contribution in [0.5, 0.6) is 0 Å². The fourth-order valence-electron chi connectivity index (χ4n) is 3.98. The Labute approximate surface area is 155 Å². The van der Waals surface area contributed by atoms with Crippen molar-refractivity contribution in [2.45, 2.75) is 45.4 Å². The number of esters is 1. The van der Waals surface area contributed by atoms with Crippen molar-refractivity contribution in [3.63, 3.8) is 0 Å². The third-order valence-corrected chi connectivity index (χ3v) is 5.26. The standard InChI is InChI=1S/C22H26N2O2/c1-3-26-22(25)21-20(19(14-23)15-24(21)2)18-11-9-17(10-12-18)13-16-7-5-4-6-8-16/h9-12,15-16H,3-8,13H2,1-2H3. The van der Waals surface area contributed by atoms with Crippen molar-refractivity contribution in [1.82, 2.24) is 4.57 Å². The fraction of sp³-hybridized carbons (Fsp3) is 0.455. The number of carbonyl (C=O) groups is 1. The van der Waals surface area contributed by atoms with Crippen LogP contribution < -0.4 is 0 Å². The Balaban J connectivity index is 1.88. The minimum absolute atomic E-state index is 0.311. The Kier molecular flexibility index (Phi) is 5.78. The molecule has 0 spiro atoms. The molecule has 0 bridgehead atoms. The van der Waals surface area contributed by atoms with Gasteiger partial charge < -0.3 is 9.30 Å². The van der Waals surface area contributed by atoms with E-state index >= 15 is 0 Å². The molecular formula is C22H26N2O2. The molecule has 26 heavy (non-hydrogen) atoms. The molecule has 4 heteroatoms. The lowest BCUT2D eigenvalue weighted by atomic mass is 9.84. The number of aryl methyl sites for hydroxylation is 1. The highest BCUT2D eigenvalue weighted by atomic mass is 16.5. The highest BCUT2D eigenvalue weighted by Gasteiger charge is 2.23. The van der Waals surface area contributed by atoms with Gasteiger partial charge in [-0.15, -0.1) is 0 Å². The van der Waals surface area contributed by atoms with Crippen LogP contribution in [0, 0.1) is 17.2 Å². The summed E-state index contributed by atoms with van der Waals surface area (Å²) in [6, 6.07) is 10.5. The van der Waals surface area contributed by atoms with E-state index in [0.29, 0.717) is 23.4 Å². The van der Waals surface area contributed by atoms with Crippen molar-refractivity contribution in [1.29, 1.82) is 5.26 Å².